The smallest absolute Gasteiger partial charge is 0.251 e. The Morgan fingerprint density at radius 3 is 2.65 bits per heavy atom. The number of nitrogens with one attached hydrogen (secondary N) is 1. The summed E-state index contributed by atoms with van der Waals surface area (Å²) in [4.78, 5) is 12.3. The molecule has 0 radical (unpaired) electrons. The number of benzene rings is 3. The summed E-state index contributed by atoms with van der Waals surface area (Å²) >= 11 is 0. The molecule has 114 valence electrons. The number of amides is 1. The van der Waals surface area contributed by atoms with Crippen LogP contribution >= 0.6 is 0 Å². The van der Waals surface area contributed by atoms with E-state index in [0.717, 1.165) is 27.8 Å². The van der Waals surface area contributed by atoms with Crippen LogP contribution in [0.2, 0.25) is 0 Å². The van der Waals surface area contributed by atoms with Gasteiger partial charge in [-0.25, -0.2) is 0 Å². The molecule has 0 aliphatic carbocycles. The van der Waals surface area contributed by atoms with Crippen molar-refractivity contribution in [3.05, 3.63) is 71.8 Å². The van der Waals surface area contributed by atoms with Gasteiger partial charge in [0.25, 0.3) is 5.91 Å². The van der Waals surface area contributed by atoms with E-state index in [2.05, 4.69) is 5.32 Å². The van der Waals surface area contributed by atoms with Gasteiger partial charge in [-0.2, -0.15) is 0 Å². The predicted octanol–water partition coefficient (Wildman–Crippen LogP) is 3.50. The molecule has 4 rings (SSSR count). The second-order valence-electron chi connectivity index (χ2n) is 5.43. The van der Waals surface area contributed by atoms with Gasteiger partial charge in [-0.1, -0.05) is 36.4 Å². The molecule has 4 heteroatoms. The van der Waals surface area contributed by atoms with Crippen molar-refractivity contribution in [2.45, 2.75) is 6.54 Å². The highest BCUT2D eigenvalue weighted by Crippen LogP contribution is 2.32. The maximum absolute atomic E-state index is 12.3. The lowest BCUT2D eigenvalue weighted by Gasteiger charge is -2.07. The molecule has 1 heterocycles. The molecule has 23 heavy (non-hydrogen) atoms. The Morgan fingerprint density at radius 2 is 1.74 bits per heavy atom. The van der Waals surface area contributed by atoms with Crippen molar-refractivity contribution in [3.8, 4) is 11.5 Å². The Hall–Kier alpha value is -3.01. The quantitative estimate of drug-likeness (QED) is 0.805. The van der Waals surface area contributed by atoms with Crippen LogP contribution in [0.1, 0.15) is 15.9 Å². The molecule has 0 saturated carbocycles. The number of carbonyl (C=O) groups excluding carboxylic acids is 1. The summed E-state index contributed by atoms with van der Waals surface area (Å²) in [5, 5.41) is 5.12. The summed E-state index contributed by atoms with van der Waals surface area (Å²) in [5.41, 5.74) is 1.63. The maximum atomic E-state index is 12.3. The van der Waals surface area contributed by atoms with Crippen molar-refractivity contribution in [1.82, 2.24) is 5.32 Å². The van der Waals surface area contributed by atoms with Crippen LogP contribution in [0.3, 0.4) is 0 Å². The fraction of sp³-hybridized carbons (Fsp3) is 0.105. The number of fused-ring (bicyclic) bond motifs is 2. The minimum Gasteiger partial charge on any atom is -0.454 e. The second-order valence-corrected chi connectivity index (χ2v) is 5.43. The highest BCUT2D eigenvalue weighted by molar-refractivity contribution is 5.98. The highest BCUT2D eigenvalue weighted by Gasteiger charge is 2.13. The molecule has 1 aliphatic heterocycles. The molecular weight excluding hydrogens is 290 g/mol. The SMILES string of the molecule is O=C(NCc1ccc2c(c1)OCO2)c1ccc2ccccc2c1. The van der Waals surface area contributed by atoms with Crippen LogP contribution in [0.25, 0.3) is 10.8 Å². The van der Waals surface area contributed by atoms with Gasteiger partial charge in [0.15, 0.2) is 11.5 Å². The third-order valence-corrected chi connectivity index (χ3v) is 3.90. The predicted molar refractivity (Wildman–Crippen MR) is 87.7 cm³/mol. The molecule has 3 aromatic rings. The summed E-state index contributed by atoms with van der Waals surface area (Å²) in [6.07, 6.45) is 0. The largest absolute Gasteiger partial charge is 0.454 e. The van der Waals surface area contributed by atoms with E-state index < -0.39 is 0 Å². The Balaban J connectivity index is 1.48. The third kappa shape index (κ3) is 2.71. The van der Waals surface area contributed by atoms with Crippen LogP contribution in [-0.4, -0.2) is 12.7 Å². The highest BCUT2D eigenvalue weighted by atomic mass is 16.7. The van der Waals surface area contributed by atoms with Crippen LogP contribution in [0.4, 0.5) is 0 Å². The summed E-state index contributed by atoms with van der Waals surface area (Å²) in [5.74, 6) is 1.38. The minimum absolute atomic E-state index is 0.0894. The van der Waals surface area contributed by atoms with Crippen molar-refractivity contribution < 1.29 is 14.3 Å². The van der Waals surface area contributed by atoms with E-state index in [1.54, 1.807) is 0 Å². The summed E-state index contributed by atoms with van der Waals surface area (Å²) in [7, 11) is 0. The minimum atomic E-state index is -0.0894. The number of carbonyl (C=O) groups is 1. The molecule has 1 amide bonds. The van der Waals surface area contributed by atoms with E-state index in [9.17, 15) is 4.79 Å². The zero-order valence-electron chi connectivity index (χ0n) is 12.4. The van der Waals surface area contributed by atoms with Crippen molar-refractivity contribution in [2.75, 3.05) is 6.79 Å². The zero-order chi connectivity index (χ0) is 15.6. The van der Waals surface area contributed by atoms with Crippen LogP contribution in [-0.2, 0) is 6.54 Å². The summed E-state index contributed by atoms with van der Waals surface area (Å²) in [6, 6.07) is 19.4. The van der Waals surface area contributed by atoms with Crippen molar-refractivity contribution >= 4 is 16.7 Å². The van der Waals surface area contributed by atoms with Gasteiger partial charge in [0.1, 0.15) is 0 Å². The van der Waals surface area contributed by atoms with Gasteiger partial charge in [-0.15, -0.1) is 0 Å². The Kier molecular flexibility index (Phi) is 3.35. The van der Waals surface area contributed by atoms with E-state index in [1.807, 2.05) is 60.7 Å². The molecule has 0 unspecified atom stereocenters. The number of ether oxygens (including phenoxy) is 2. The van der Waals surface area contributed by atoms with E-state index in [4.69, 9.17) is 9.47 Å². The zero-order valence-corrected chi connectivity index (χ0v) is 12.4. The third-order valence-electron chi connectivity index (χ3n) is 3.90. The molecular formula is C19H15NO3. The molecule has 3 aromatic carbocycles. The molecule has 1 aliphatic rings. The fourth-order valence-electron chi connectivity index (χ4n) is 2.67. The van der Waals surface area contributed by atoms with Gasteiger partial charge < -0.3 is 14.8 Å². The first-order valence-corrected chi connectivity index (χ1v) is 7.45. The summed E-state index contributed by atoms with van der Waals surface area (Å²) < 4.78 is 10.6. The standard InChI is InChI=1S/C19H15NO3/c21-19(16-7-6-14-3-1-2-4-15(14)10-16)20-11-13-5-8-17-18(9-13)23-12-22-17/h1-10H,11-12H2,(H,20,21). The Bertz CT molecular complexity index is 889. The molecule has 0 fully saturated rings. The first-order valence-electron chi connectivity index (χ1n) is 7.45. The molecule has 4 nitrogen and oxygen atoms in total. The van der Waals surface area contributed by atoms with Crippen molar-refractivity contribution in [2.24, 2.45) is 0 Å². The molecule has 0 saturated heterocycles. The van der Waals surface area contributed by atoms with Gasteiger partial charge in [0, 0.05) is 12.1 Å². The van der Waals surface area contributed by atoms with Gasteiger partial charge in [-0.3, -0.25) is 4.79 Å². The van der Waals surface area contributed by atoms with Crippen molar-refractivity contribution in [1.29, 1.82) is 0 Å². The number of hydrogen-bond donors (Lipinski definition) is 1. The topological polar surface area (TPSA) is 47.6 Å². The van der Waals surface area contributed by atoms with Gasteiger partial charge in [0.2, 0.25) is 6.79 Å². The molecule has 0 bridgehead atoms. The average Bonchev–Trinajstić information content (AvgIpc) is 3.07. The molecule has 1 N–H and O–H groups in total. The fourth-order valence-corrected chi connectivity index (χ4v) is 2.67. The molecule has 0 atom stereocenters. The van der Waals surface area contributed by atoms with Crippen LogP contribution in [0.5, 0.6) is 11.5 Å². The van der Waals surface area contributed by atoms with Gasteiger partial charge in [-0.05, 0) is 40.6 Å². The number of hydrogen-bond acceptors (Lipinski definition) is 3. The lowest BCUT2D eigenvalue weighted by molar-refractivity contribution is 0.0951. The Morgan fingerprint density at radius 1 is 0.913 bits per heavy atom. The van der Waals surface area contributed by atoms with Crippen LogP contribution in [0.15, 0.2) is 60.7 Å². The second kappa shape index (κ2) is 5.65. The van der Waals surface area contributed by atoms with Crippen LogP contribution < -0.4 is 14.8 Å². The first kappa shape index (κ1) is 13.6. The van der Waals surface area contributed by atoms with E-state index in [1.165, 1.54) is 0 Å². The molecule has 0 spiro atoms. The van der Waals surface area contributed by atoms with E-state index >= 15 is 0 Å². The molecule has 0 aromatic heterocycles. The maximum Gasteiger partial charge on any atom is 0.251 e. The van der Waals surface area contributed by atoms with Gasteiger partial charge >= 0.3 is 0 Å². The van der Waals surface area contributed by atoms with E-state index in [0.29, 0.717) is 12.1 Å². The van der Waals surface area contributed by atoms with Gasteiger partial charge in [0.05, 0.1) is 0 Å². The van der Waals surface area contributed by atoms with Crippen molar-refractivity contribution in [3.63, 3.8) is 0 Å². The lowest BCUT2D eigenvalue weighted by atomic mass is 10.1. The number of rotatable bonds is 3. The monoisotopic (exact) mass is 305 g/mol. The summed E-state index contributed by atoms with van der Waals surface area (Å²) in [6.45, 7) is 0.699. The Labute approximate surface area is 133 Å². The first-order chi connectivity index (χ1) is 11.3. The average molecular weight is 305 g/mol. The van der Waals surface area contributed by atoms with E-state index in [-0.39, 0.29) is 12.7 Å². The van der Waals surface area contributed by atoms with Crippen LogP contribution in [0, 0.1) is 0 Å². The lowest BCUT2D eigenvalue weighted by Crippen LogP contribution is -2.22. The normalized spacial score (nSPS) is 12.3.